The lowest BCUT2D eigenvalue weighted by atomic mass is 10.0. The summed E-state index contributed by atoms with van der Waals surface area (Å²) in [7, 11) is -13.6. The molecule has 146 valence electrons. The highest BCUT2D eigenvalue weighted by Crippen LogP contribution is 2.29. The van der Waals surface area contributed by atoms with Gasteiger partial charge in [0.1, 0.15) is 0 Å². The highest BCUT2D eigenvalue weighted by molar-refractivity contribution is 8.17. The van der Waals surface area contributed by atoms with Crippen LogP contribution < -0.4 is 0 Å². The van der Waals surface area contributed by atoms with Crippen molar-refractivity contribution in [3.8, 4) is 0 Å². The second-order valence-corrected chi connectivity index (χ2v) is 12.7. The van der Waals surface area contributed by atoms with E-state index in [9.17, 15) is 30.0 Å². The fraction of sp³-hybridized carbons (Fsp3) is 0.786. The maximum absolute atomic E-state index is 12.7. The number of unbranched alkanes of at least 4 members (excludes halogenated alkanes) is 1. The number of carbonyl (C=O) groups excluding carboxylic acids is 1. The van der Waals surface area contributed by atoms with Crippen LogP contribution in [0, 0.1) is 0 Å². The normalized spacial score (nSPS) is 17.5. The highest BCUT2D eigenvalue weighted by atomic mass is 32.3. The van der Waals surface area contributed by atoms with E-state index in [2.05, 4.69) is 6.58 Å². The molecule has 8 nitrogen and oxygen atoms in total. The van der Waals surface area contributed by atoms with E-state index >= 15 is 0 Å². The summed E-state index contributed by atoms with van der Waals surface area (Å²) < 4.78 is 73.8. The minimum Gasteiger partial charge on any atom is -0.295 e. The Morgan fingerprint density at radius 3 is 2.08 bits per heavy atom. The van der Waals surface area contributed by atoms with E-state index in [1.807, 2.05) is 0 Å². The molecule has 0 radical (unpaired) electrons. The van der Waals surface area contributed by atoms with Crippen LogP contribution in [0.4, 0.5) is 0 Å². The smallest absolute Gasteiger partial charge is 0.243 e. The Bertz CT molecular complexity index is 791. The molecule has 0 bridgehead atoms. The third-order valence-electron chi connectivity index (χ3n) is 3.98. The van der Waals surface area contributed by atoms with Gasteiger partial charge in [0.05, 0.1) is 17.3 Å². The molecule has 0 saturated heterocycles. The van der Waals surface area contributed by atoms with E-state index in [1.165, 1.54) is 0 Å². The van der Waals surface area contributed by atoms with Crippen molar-refractivity contribution in [3.63, 3.8) is 0 Å². The summed E-state index contributed by atoms with van der Waals surface area (Å²) >= 11 is 0. The molecule has 25 heavy (non-hydrogen) atoms. The number of hydrogen-bond donors (Lipinski definition) is 0. The second kappa shape index (κ2) is 8.74. The van der Waals surface area contributed by atoms with Gasteiger partial charge in [-0.3, -0.25) is 4.79 Å². The van der Waals surface area contributed by atoms with Crippen LogP contribution in [0.3, 0.4) is 0 Å². The minimum absolute atomic E-state index is 0.0197. The van der Waals surface area contributed by atoms with Gasteiger partial charge < -0.3 is 0 Å². The number of ketones is 1. The number of carbonyl (C=O) groups is 1. The molecule has 0 atom stereocenters. The molecule has 0 aliphatic heterocycles. The van der Waals surface area contributed by atoms with Gasteiger partial charge in [0.15, 0.2) is 5.78 Å². The van der Waals surface area contributed by atoms with Gasteiger partial charge in [-0.15, -0.1) is 0 Å². The molecule has 0 amide bonds. The van der Waals surface area contributed by atoms with Crippen LogP contribution in [0.2, 0.25) is 0 Å². The van der Waals surface area contributed by atoms with Gasteiger partial charge in [-0.2, -0.15) is 0 Å². The molecule has 0 unspecified atom stereocenters. The Labute approximate surface area is 150 Å². The monoisotopic (exact) mass is 415 g/mol. The zero-order valence-corrected chi connectivity index (χ0v) is 16.7. The van der Waals surface area contributed by atoms with E-state index in [1.54, 1.807) is 0 Å². The molecule has 1 rings (SSSR count). The number of allylic oxidation sites excluding steroid dienone is 1. The summed E-state index contributed by atoms with van der Waals surface area (Å²) in [6.45, 7) is 3.30. The third-order valence-corrected chi connectivity index (χ3v) is 11.7. The average molecular weight is 416 g/mol. The molecule has 11 heteroatoms. The van der Waals surface area contributed by atoms with Crippen LogP contribution in [0.1, 0.15) is 51.4 Å². The summed E-state index contributed by atoms with van der Waals surface area (Å²) in [5, 5.41) is -1.01. The first-order valence-electron chi connectivity index (χ1n) is 8.05. The molecule has 1 aliphatic carbocycles. The van der Waals surface area contributed by atoms with Crippen molar-refractivity contribution in [1.82, 2.24) is 3.12 Å². The van der Waals surface area contributed by atoms with Crippen molar-refractivity contribution >= 4 is 35.9 Å². The van der Waals surface area contributed by atoms with E-state index in [0.717, 1.165) is 12.5 Å². The van der Waals surface area contributed by atoms with Gasteiger partial charge in [-0.1, -0.05) is 25.8 Å². The quantitative estimate of drug-likeness (QED) is 0.387. The van der Waals surface area contributed by atoms with Gasteiger partial charge in [0.25, 0.3) is 0 Å². The van der Waals surface area contributed by atoms with E-state index in [0.29, 0.717) is 19.1 Å². The molecule has 0 aromatic carbocycles. The number of hydrogen-bond acceptors (Lipinski definition) is 7. The van der Waals surface area contributed by atoms with Gasteiger partial charge in [0.2, 0.25) is 30.1 Å². The number of nitrogens with zero attached hydrogens (tertiary/aromatic N) is 1. The van der Waals surface area contributed by atoms with Gasteiger partial charge in [-0.05, 0) is 31.8 Å². The topological polar surface area (TPSA) is 123 Å². The zero-order chi connectivity index (χ0) is 19.3. The van der Waals surface area contributed by atoms with Crippen LogP contribution in [0.25, 0.3) is 0 Å². The lowest BCUT2D eigenvalue weighted by Crippen LogP contribution is -2.47. The minimum atomic E-state index is -4.57. The van der Waals surface area contributed by atoms with Crippen molar-refractivity contribution < 1.29 is 30.0 Å². The molecule has 0 aromatic rings. The molecule has 1 aliphatic rings. The predicted octanol–water partition coefficient (Wildman–Crippen LogP) is 1.17. The molecule has 0 N–H and O–H groups in total. The SMILES string of the molecule is C=CC(=O)CCCCS(=O)(=O)N(S(C)(=O)=O)S(=O)(=O)C1CCCCC1. The molecular weight excluding hydrogens is 390 g/mol. The Balaban J connectivity index is 3.01. The molecule has 1 saturated carbocycles. The molecule has 0 aromatic heterocycles. The van der Waals surface area contributed by atoms with Crippen LogP contribution in [0.5, 0.6) is 0 Å². The van der Waals surface area contributed by atoms with Crippen molar-refractivity contribution in [1.29, 1.82) is 0 Å². The van der Waals surface area contributed by atoms with Crippen LogP contribution in [-0.4, -0.2) is 51.4 Å². The first-order valence-corrected chi connectivity index (χ1v) is 13.0. The zero-order valence-electron chi connectivity index (χ0n) is 14.3. The summed E-state index contributed by atoms with van der Waals surface area (Å²) in [4.78, 5) is 11.1. The summed E-state index contributed by atoms with van der Waals surface area (Å²) in [6.07, 6.45) is 4.52. The Morgan fingerprint density at radius 1 is 1.04 bits per heavy atom. The number of sulfonamides is 3. The largest absolute Gasteiger partial charge is 0.295 e. The van der Waals surface area contributed by atoms with Gasteiger partial charge >= 0.3 is 0 Å². The Kier molecular flexibility index (Phi) is 7.78. The first-order chi connectivity index (χ1) is 11.4. The van der Waals surface area contributed by atoms with Crippen LogP contribution >= 0.6 is 0 Å². The van der Waals surface area contributed by atoms with E-state index < -0.39 is 41.1 Å². The predicted molar refractivity (Wildman–Crippen MR) is 95.3 cm³/mol. The maximum Gasteiger partial charge on any atom is 0.243 e. The standard InChI is InChI=1S/C14H25NO7S3/c1-3-13(16)9-7-8-12-24(19,20)15(23(2,17)18)25(21,22)14-10-5-4-6-11-14/h3,14H,1,4-12H2,2H3. The van der Waals surface area contributed by atoms with Crippen LogP contribution in [0.15, 0.2) is 12.7 Å². The molecule has 1 fully saturated rings. The third kappa shape index (κ3) is 6.15. The summed E-state index contributed by atoms with van der Waals surface area (Å²) in [5.74, 6) is -0.914. The lowest BCUT2D eigenvalue weighted by Gasteiger charge is -2.27. The first kappa shape index (κ1) is 22.3. The van der Waals surface area contributed by atoms with Crippen molar-refractivity contribution in [2.24, 2.45) is 0 Å². The highest BCUT2D eigenvalue weighted by Gasteiger charge is 2.45. The van der Waals surface area contributed by atoms with Crippen molar-refractivity contribution in [3.05, 3.63) is 12.7 Å². The Morgan fingerprint density at radius 2 is 1.60 bits per heavy atom. The maximum atomic E-state index is 12.7. The van der Waals surface area contributed by atoms with E-state index in [-0.39, 0.29) is 41.0 Å². The number of rotatable bonds is 10. The van der Waals surface area contributed by atoms with Crippen molar-refractivity contribution in [2.45, 2.75) is 56.6 Å². The van der Waals surface area contributed by atoms with Crippen LogP contribution in [-0.2, 0) is 34.9 Å². The lowest BCUT2D eigenvalue weighted by molar-refractivity contribution is -0.114. The molecular formula is C14H25NO7S3. The molecule has 0 spiro atoms. The molecule has 0 heterocycles. The Hall–Kier alpha value is -0.780. The van der Waals surface area contributed by atoms with E-state index in [4.69, 9.17) is 0 Å². The average Bonchev–Trinajstić information content (AvgIpc) is 2.50. The summed E-state index contributed by atoms with van der Waals surface area (Å²) in [5.41, 5.74) is 0. The van der Waals surface area contributed by atoms with Gasteiger partial charge in [0, 0.05) is 9.54 Å². The summed E-state index contributed by atoms with van der Waals surface area (Å²) in [6, 6.07) is 0. The van der Waals surface area contributed by atoms with Crippen molar-refractivity contribution in [2.75, 3.05) is 12.0 Å². The van der Waals surface area contributed by atoms with Gasteiger partial charge in [-0.25, -0.2) is 25.3 Å². The fourth-order valence-corrected chi connectivity index (χ4v) is 10.3. The second-order valence-electron chi connectivity index (χ2n) is 6.15. The fourth-order valence-electron chi connectivity index (χ4n) is 2.80.